The number of nitrogens with one attached hydrogen (secondary N) is 1. The third-order valence-corrected chi connectivity index (χ3v) is 4.71. The molecule has 0 spiro atoms. The van der Waals surface area contributed by atoms with Gasteiger partial charge in [0.25, 0.3) is 5.91 Å². The molecule has 0 aliphatic carbocycles. The van der Waals surface area contributed by atoms with Crippen LogP contribution in [-0.4, -0.2) is 56.0 Å². The first kappa shape index (κ1) is 19.7. The number of primary amides is 1. The van der Waals surface area contributed by atoms with Crippen molar-refractivity contribution in [3.63, 3.8) is 0 Å². The van der Waals surface area contributed by atoms with E-state index in [0.29, 0.717) is 17.9 Å². The number of benzene rings is 2. The van der Waals surface area contributed by atoms with Crippen LogP contribution in [0.5, 0.6) is 5.75 Å². The Bertz CT molecular complexity index is 832. The van der Waals surface area contributed by atoms with Crippen LogP contribution in [0.1, 0.15) is 17.3 Å². The van der Waals surface area contributed by atoms with Gasteiger partial charge in [-0.3, -0.25) is 14.5 Å². The average Bonchev–Trinajstić information content (AvgIpc) is 2.69. The first-order chi connectivity index (χ1) is 13.6. The SMILES string of the molecule is CCOc1ccccc1N1CCN(CC(=O)Nc2ccccc2C(N)=O)CC1. The van der Waals surface area contributed by atoms with Crippen LogP contribution < -0.4 is 20.7 Å². The predicted octanol–water partition coefficient (Wildman–Crippen LogP) is 1.94. The second kappa shape index (κ2) is 9.23. The highest BCUT2D eigenvalue weighted by Gasteiger charge is 2.21. The molecule has 2 aromatic rings. The lowest BCUT2D eigenvalue weighted by molar-refractivity contribution is -0.117. The van der Waals surface area contributed by atoms with E-state index in [9.17, 15) is 9.59 Å². The number of carbonyl (C=O) groups is 2. The van der Waals surface area contributed by atoms with Gasteiger partial charge >= 0.3 is 0 Å². The lowest BCUT2D eigenvalue weighted by Gasteiger charge is -2.36. The Kier molecular flexibility index (Phi) is 6.49. The molecule has 3 N–H and O–H groups in total. The molecule has 0 aromatic heterocycles. The molecule has 0 unspecified atom stereocenters. The van der Waals surface area contributed by atoms with Gasteiger partial charge in [0.2, 0.25) is 5.91 Å². The minimum absolute atomic E-state index is 0.156. The Hall–Kier alpha value is -3.06. The summed E-state index contributed by atoms with van der Waals surface area (Å²) in [5, 5.41) is 2.79. The summed E-state index contributed by atoms with van der Waals surface area (Å²) in [4.78, 5) is 28.3. The molecule has 0 saturated carbocycles. The number of anilines is 2. The van der Waals surface area contributed by atoms with Gasteiger partial charge < -0.3 is 20.7 Å². The number of hydrogen-bond donors (Lipinski definition) is 2. The molecular formula is C21H26N4O3. The van der Waals surface area contributed by atoms with Crippen LogP contribution in [0.3, 0.4) is 0 Å². The van der Waals surface area contributed by atoms with E-state index in [1.54, 1.807) is 24.3 Å². The van der Waals surface area contributed by atoms with Gasteiger partial charge in [0.05, 0.1) is 30.1 Å². The molecule has 1 saturated heterocycles. The Labute approximate surface area is 165 Å². The Morgan fingerprint density at radius 2 is 1.71 bits per heavy atom. The van der Waals surface area contributed by atoms with Crippen LogP contribution in [0.15, 0.2) is 48.5 Å². The normalized spacial score (nSPS) is 14.5. The van der Waals surface area contributed by atoms with Crippen molar-refractivity contribution < 1.29 is 14.3 Å². The number of ether oxygens (including phenoxy) is 1. The Morgan fingerprint density at radius 1 is 1.04 bits per heavy atom. The molecule has 7 nitrogen and oxygen atoms in total. The summed E-state index contributed by atoms with van der Waals surface area (Å²) in [5.74, 6) is 0.175. The standard InChI is InChI=1S/C21H26N4O3/c1-2-28-19-10-6-5-9-18(19)25-13-11-24(12-14-25)15-20(26)23-17-8-4-3-7-16(17)21(22)27/h3-10H,2,11-15H2,1H3,(H2,22,27)(H,23,26). The minimum Gasteiger partial charge on any atom is -0.492 e. The first-order valence-electron chi connectivity index (χ1n) is 9.46. The van der Waals surface area contributed by atoms with Gasteiger partial charge in [-0.05, 0) is 31.2 Å². The summed E-state index contributed by atoms with van der Waals surface area (Å²) in [7, 11) is 0. The van der Waals surface area contributed by atoms with Crippen molar-refractivity contribution in [3.05, 3.63) is 54.1 Å². The molecule has 28 heavy (non-hydrogen) atoms. The summed E-state index contributed by atoms with van der Waals surface area (Å²) >= 11 is 0. The number of nitrogens with zero attached hydrogens (tertiary/aromatic N) is 2. The quantitative estimate of drug-likeness (QED) is 0.764. The lowest BCUT2D eigenvalue weighted by atomic mass is 10.1. The molecule has 0 atom stereocenters. The highest BCUT2D eigenvalue weighted by Crippen LogP contribution is 2.28. The van der Waals surface area contributed by atoms with Crippen molar-refractivity contribution in [2.24, 2.45) is 5.73 Å². The Balaban J connectivity index is 1.55. The van der Waals surface area contributed by atoms with E-state index in [1.165, 1.54) is 0 Å². The van der Waals surface area contributed by atoms with Gasteiger partial charge in [-0.1, -0.05) is 24.3 Å². The summed E-state index contributed by atoms with van der Waals surface area (Å²) in [6.45, 7) is 6.04. The number of amides is 2. The van der Waals surface area contributed by atoms with E-state index >= 15 is 0 Å². The number of rotatable bonds is 7. The maximum atomic E-state index is 12.4. The van der Waals surface area contributed by atoms with Crippen LogP contribution in [0.4, 0.5) is 11.4 Å². The van der Waals surface area contributed by atoms with E-state index in [2.05, 4.69) is 21.2 Å². The molecule has 3 rings (SSSR count). The molecular weight excluding hydrogens is 356 g/mol. The molecule has 148 valence electrons. The number of piperazine rings is 1. The molecule has 1 aliphatic rings. The van der Waals surface area contributed by atoms with Gasteiger partial charge in [0.1, 0.15) is 5.75 Å². The van der Waals surface area contributed by atoms with Gasteiger partial charge in [0.15, 0.2) is 0 Å². The number of hydrogen-bond acceptors (Lipinski definition) is 5. The topological polar surface area (TPSA) is 87.9 Å². The van der Waals surface area contributed by atoms with Crippen LogP contribution in [0.2, 0.25) is 0 Å². The lowest BCUT2D eigenvalue weighted by Crippen LogP contribution is -2.48. The fourth-order valence-corrected chi connectivity index (χ4v) is 3.34. The first-order valence-corrected chi connectivity index (χ1v) is 9.46. The molecule has 0 bridgehead atoms. The number of nitrogens with two attached hydrogens (primary N) is 1. The van der Waals surface area contributed by atoms with Gasteiger partial charge in [-0.25, -0.2) is 0 Å². The molecule has 1 aliphatic heterocycles. The zero-order chi connectivity index (χ0) is 19.9. The smallest absolute Gasteiger partial charge is 0.250 e. The van der Waals surface area contributed by atoms with Crippen LogP contribution in [-0.2, 0) is 4.79 Å². The second-order valence-electron chi connectivity index (χ2n) is 6.62. The van der Waals surface area contributed by atoms with E-state index < -0.39 is 5.91 Å². The van der Waals surface area contributed by atoms with Crippen LogP contribution >= 0.6 is 0 Å². The van der Waals surface area contributed by atoms with E-state index in [-0.39, 0.29) is 12.5 Å². The highest BCUT2D eigenvalue weighted by atomic mass is 16.5. The number of para-hydroxylation sites is 3. The predicted molar refractivity (Wildman–Crippen MR) is 110 cm³/mol. The van der Waals surface area contributed by atoms with Gasteiger partial charge in [-0.2, -0.15) is 0 Å². The van der Waals surface area contributed by atoms with Crippen LogP contribution in [0.25, 0.3) is 0 Å². The van der Waals surface area contributed by atoms with Crippen molar-refractivity contribution in [1.29, 1.82) is 0 Å². The van der Waals surface area contributed by atoms with Crippen LogP contribution in [0, 0.1) is 0 Å². The summed E-state index contributed by atoms with van der Waals surface area (Å²) in [5.41, 5.74) is 7.21. The third kappa shape index (κ3) is 4.80. The van der Waals surface area contributed by atoms with E-state index in [1.807, 2.05) is 25.1 Å². The molecule has 1 heterocycles. The summed E-state index contributed by atoms with van der Waals surface area (Å²) in [6, 6.07) is 14.8. The van der Waals surface area contributed by atoms with Gasteiger partial charge in [-0.15, -0.1) is 0 Å². The van der Waals surface area contributed by atoms with E-state index in [4.69, 9.17) is 10.5 Å². The maximum Gasteiger partial charge on any atom is 0.250 e. The Morgan fingerprint density at radius 3 is 2.43 bits per heavy atom. The molecule has 0 radical (unpaired) electrons. The zero-order valence-corrected chi connectivity index (χ0v) is 16.1. The second-order valence-corrected chi connectivity index (χ2v) is 6.62. The molecule has 7 heteroatoms. The fourth-order valence-electron chi connectivity index (χ4n) is 3.34. The van der Waals surface area contributed by atoms with Crippen molar-refractivity contribution >= 4 is 23.2 Å². The van der Waals surface area contributed by atoms with Crippen molar-refractivity contribution in [1.82, 2.24) is 4.90 Å². The van der Waals surface area contributed by atoms with Crippen molar-refractivity contribution in [3.8, 4) is 5.75 Å². The fraction of sp³-hybridized carbons (Fsp3) is 0.333. The highest BCUT2D eigenvalue weighted by molar-refractivity contribution is 6.03. The molecule has 2 aromatic carbocycles. The minimum atomic E-state index is -0.558. The summed E-state index contributed by atoms with van der Waals surface area (Å²) < 4.78 is 5.72. The summed E-state index contributed by atoms with van der Waals surface area (Å²) in [6.07, 6.45) is 0. The largest absolute Gasteiger partial charge is 0.492 e. The van der Waals surface area contributed by atoms with Gasteiger partial charge in [0, 0.05) is 26.2 Å². The number of carbonyl (C=O) groups excluding carboxylic acids is 2. The maximum absolute atomic E-state index is 12.4. The average molecular weight is 382 g/mol. The van der Waals surface area contributed by atoms with E-state index in [0.717, 1.165) is 37.6 Å². The van der Waals surface area contributed by atoms with Crippen molar-refractivity contribution in [2.45, 2.75) is 6.92 Å². The third-order valence-electron chi connectivity index (χ3n) is 4.71. The van der Waals surface area contributed by atoms with Crippen molar-refractivity contribution in [2.75, 3.05) is 49.5 Å². The zero-order valence-electron chi connectivity index (χ0n) is 16.1. The molecule has 2 amide bonds. The molecule has 1 fully saturated rings. The monoisotopic (exact) mass is 382 g/mol.